The van der Waals surface area contributed by atoms with E-state index in [1.165, 1.54) is 22.2 Å². The van der Waals surface area contributed by atoms with Crippen molar-refractivity contribution in [2.24, 2.45) is 0 Å². The molecule has 1 fully saturated rings. The minimum atomic E-state index is 0.0552. The lowest BCUT2D eigenvalue weighted by molar-refractivity contribution is 0.0712. The number of nitrogens with one attached hydrogen (secondary N) is 1. The van der Waals surface area contributed by atoms with E-state index in [2.05, 4.69) is 41.2 Å². The van der Waals surface area contributed by atoms with Crippen LogP contribution in [-0.4, -0.2) is 40.5 Å². The molecule has 0 bridgehead atoms. The predicted molar refractivity (Wildman–Crippen MR) is 106 cm³/mol. The average Bonchev–Trinajstić information content (AvgIpc) is 3.04. The first-order chi connectivity index (χ1) is 13.2. The molecule has 140 valence electrons. The van der Waals surface area contributed by atoms with Gasteiger partial charge in [-0.3, -0.25) is 4.79 Å². The van der Waals surface area contributed by atoms with Crippen molar-refractivity contribution in [1.29, 1.82) is 0 Å². The lowest BCUT2D eigenvalue weighted by Gasteiger charge is -2.32. The molecule has 0 radical (unpaired) electrons. The number of rotatable bonds is 4. The van der Waals surface area contributed by atoms with E-state index in [1.54, 1.807) is 18.3 Å². The molecule has 1 amide bonds. The van der Waals surface area contributed by atoms with E-state index in [4.69, 9.17) is 4.74 Å². The number of aromatic nitrogens is 2. The Morgan fingerprint density at radius 2 is 2.00 bits per heavy atom. The summed E-state index contributed by atoms with van der Waals surface area (Å²) in [6.07, 6.45) is 3.58. The number of carbonyl (C=O) groups is 1. The van der Waals surface area contributed by atoms with Gasteiger partial charge in [0.1, 0.15) is 0 Å². The molecule has 0 spiro atoms. The predicted octanol–water partition coefficient (Wildman–Crippen LogP) is 4.29. The van der Waals surface area contributed by atoms with Gasteiger partial charge in [-0.1, -0.05) is 18.2 Å². The fraction of sp³-hybridized carbons (Fsp3) is 0.364. The molecule has 0 unspecified atom stereocenters. The number of hydrogen-bond acceptors (Lipinski definition) is 3. The topological polar surface area (TPSA) is 58.2 Å². The maximum atomic E-state index is 12.8. The molecule has 1 N–H and O–H groups in total. The lowest BCUT2D eigenvalue weighted by Crippen LogP contribution is -2.38. The molecular formula is C22H25N3O2. The fourth-order valence-corrected chi connectivity index (χ4v) is 4.12. The van der Waals surface area contributed by atoms with E-state index in [9.17, 15) is 4.79 Å². The summed E-state index contributed by atoms with van der Waals surface area (Å²) in [6, 6.07) is 12.0. The summed E-state index contributed by atoms with van der Waals surface area (Å²) in [5.41, 5.74) is 4.49. The van der Waals surface area contributed by atoms with Crippen molar-refractivity contribution in [1.82, 2.24) is 14.9 Å². The Bertz CT molecular complexity index is 938. The smallest absolute Gasteiger partial charge is 0.255 e. The van der Waals surface area contributed by atoms with Crippen LogP contribution in [0.1, 0.15) is 47.3 Å². The van der Waals surface area contributed by atoms with E-state index in [-0.39, 0.29) is 5.91 Å². The summed E-state index contributed by atoms with van der Waals surface area (Å²) in [6.45, 7) is 6.19. The van der Waals surface area contributed by atoms with Gasteiger partial charge in [0, 0.05) is 41.9 Å². The Kier molecular flexibility index (Phi) is 4.84. The van der Waals surface area contributed by atoms with Crippen molar-refractivity contribution in [3.05, 3.63) is 59.4 Å². The van der Waals surface area contributed by atoms with Crippen molar-refractivity contribution < 1.29 is 9.53 Å². The van der Waals surface area contributed by atoms with Gasteiger partial charge in [0.15, 0.2) is 0 Å². The van der Waals surface area contributed by atoms with Crippen LogP contribution in [0.3, 0.4) is 0 Å². The number of likely N-dealkylation sites (tertiary alicyclic amines) is 1. The zero-order chi connectivity index (χ0) is 18.8. The van der Waals surface area contributed by atoms with Gasteiger partial charge >= 0.3 is 0 Å². The Balaban J connectivity index is 1.45. The van der Waals surface area contributed by atoms with Gasteiger partial charge in [-0.05, 0) is 50.3 Å². The average molecular weight is 363 g/mol. The Hall–Kier alpha value is -2.82. The molecule has 5 heteroatoms. The number of aromatic amines is 1. The van der Waals surface area contributed by atoms with Crippen molar-refractivity contribution in [3.8, 4) is 5.88 Å². The molecule has 5 nitrogen and oxygen atoms in total. The summed E-state index contributed by atoms with van der Waals surface area (Å²) >= 11 is 0. The van der Waals surface area contributed by atoms with Crippen LogP contribution in [0.25, 0.3) is 10.9 Å². The van der Waals surface area contributed by atoms with Gasteiger partial charge in [0.05, 0.1) is 12.2 Å². The monoisotopic (exact) mass is 363 g/mol. The summed E-state index contributed by atoms with van der Waals surface area (Å²) in [4.78, 5) is 22.4. The van der Waals surface area contributed by atoms with E-state index in [0.717, 1.165) is 25.9 Å². The van der Waals surface area contributed by atoms with E-state index in [0.29, 0.717) is 24.0 Å². The van der Waals surface area contributed by atoms with Crippen molar-refractivity contribution in [2.45, 2.75) is 32.6 Å². The van der Waals surface area contributed by atoms with Crippen LogP contribution in [-0.2, 0) is 0 Å². The SMILES string of the molecule is CCOc1ccc(C(=O)N2CCC(c3c(C)[nH]c4ccccc34)CC2)cn1. The number of hydrogen-bond donors (Lipinski definition) is 1. The molecule has 0 saturated carbocycles. The van der Waals surface area contributed by atoms with Crippen LogP contribution < -0.4 is 4.74 Å². The van der Waals surface area contributed by atoms with Gasteiger partial charge in [-0.25, -0.2) is 4.98 Å². The third-order valence-electron chi connectivity index (χ3n) is 5.41. The van der Waals surface area contributed by atoms with Crippen LogP contribution in [0.4, 0.5) is 0 Å². The molecule has 0 aliphatic carbocycles. The molecule has 4 rings (SSSR count). The Morgan fingerprint density at radius 1 is 1.22 bits per heavy atom. The Morgan fingerprint density at radius 3 is 2.70 bits per heavy atom. The van der Waals surface area contributed by atoms with Crippen LogP contribution in [0.5, 0.6) is 5.88 Å². The number of nitrogens with zero attached hydrogens (tertiary/aromatic N) is 2. The highest BCUT2D eigenvalue weighted by Gasteiger charge is 2.27. The van der Waals surface area contributed by atoms with Gasteiger partial charge in [0.2, 0.25) is 5.88 Å². The first-order valence-electron chi connectivity index (χ1n) is 9.62. The van der Waals surface area contributed by atoms with Crippen molar-refractivity contribution >= 4 is 16.8 Å². The summed E-state index contributed by atoms with van der Waals surface area (Å²) in [5, 5.41) is 1.32. The lowest BCUT2D eigenvalue weighted by atomic mass is 9.87. The standard InChI is InChI=1S/C22H25N3O2/c1-3-27-20-9-8-17(14-23-20)22(26)25-12-10-16(11-13-25)21-15(2)24-19-7-5-4-6-18(19)21/h4-9,14,16,24H,3,10-13H2,1-2H3. The molecule has 2 aromatic heterocycles. The Labute approximate surface area is 159 Å². The molecule has 27 heavy (non-hydrogen) atoms. The molecule has 1 aliphatic heterocycles. The first kappa shape index (κ1) is 17.6. The number of aryl methyl sites for hydroxylation is 1. The van der Waals surface area contributed by atoms with E-state index < -0.39 is 0 Å². The second-order valence-corrected chi connectivity index (χ2v) is 7.09. The molecule has 3 heterocycles. The number of H-pyrrole nitrogens is 1. The van der Waals surface area contributed by atoms with Crippen LogP contribution >= 0.6 is 0 Å². The molecule has 1 aliphatic rings. The zero-order valence-corrected chi connectivity index (χ0v) is 15.9. The third-order valence-corrected chi connectivity index (χ3v) is 5.41. The number of ether oxygens (including phenoxy) is 1. The molecule has 0 atom stereocenters. The normalized spacial score (nSPS) is 15.3. The summed E-state index contributed by atoms with van der Waals surface area (Å²) in [5.74, 6) is 1.10. The number of piperidine rings is 1. The second-order valence-electron chi connectivity index (χ2n) is 7.09. The number of para-hydroxylation sites is 1. The highest BCUT2D eigenvalue weighted by molar-refractivity contribution is 5.94. The van der Waals surface area contributed by atoms with Gasteiger partial charge < -0.3 is 14.6 Å². The maximum Gasteiger partial charge on any atom is 0.255 e. The maximum absolute atomic E-state index is 12.8. The minimum absolute atomic E-state index is 0.0552. The van der Waals surface area contributed by atoms with Gasteiger partial charge in [0.25, 0.3) is 5.91 Å². The van der Waals surface area contributed by atoms with Crippen LogP contribution in [0.15, 0.2) is 42.6 Å². The molecule has 1 saturated heterocycles. The summed E-state index contributed by atoms with van der Waals surface area (Å²) in [7, 11) is 0. The zero-order valence-electron chi connectivity index (χ0n) is 15.9. The second kappa shape index (κ2) is 7.43. The highest BCUT2D eigenvalue weighted by Crippen LogP contribution is 2.35. The van der Waals surface area contributed by atoms with Crippen LogP contribution in [0, 0.1) is 6.92 Å². The number of carbonyl (C=O) groups excluding carboxylic acids is 1. The minimum Gasteiger partial charge on any atom is -0.478 e. The molecular weight excluding hydrogens is 338 g/mol. The van der Waals surface area contributed by atoms with Crippen LogP contribution in [0.2, 0.25) is 0 Å². The van der Waals surface area contributed by atoms with Crippen molar-refractivity contribution in [3.63, 3.8) is 0 Å². The quantitative estimate of drug-likeness (QED) is 0.752. The van der Waals surface area contributed by atoms with Crippen molar-refractivity contribution in [2.75, 3.05) is 19.7 Å². The molecule has 3 aromatic rings. The number of pyridine rings is 1. The summed E-state index contributed by atoms with van der Waals surface area (Å²) < 4.78 is 5.35. The largest absolute Gasteiger partial charge is 0.478 e. The highest BCUT2D eigenvalue weighted by atomic mass is 16.5. The molecule has 1 aromatic carbocycles. The fourth-order valence-electron chi connectivity index (χ4n) is 4.12. The number of benzene rings is 1. The number of amides is 1. The number of fused-ring (bicyclic) bond motifs is 1. The van der Waals surface area contributed by atoms with E-state index in [1.807, 2.05) is 11.8 Å². The van der Waals surface area contributed by atoms with Gasteiger partial charge in [-0.15, -0.1) is 0 Å². The first-order valence-corrected chi connectivity index (χ1v) is 9.62. The van der Waals surface area contributed by atoms with Gasteiger partial charge in [-0.2, -0.15) is 0 Å². The third kappa shape index (κ3) is 3.42. The van der Waals surface area contributed by atoms with E-state index >= 15 is 0 Å².